The molecule has 1 aromatic carbocycles. The Morgan fingerprint density at radius 2 is 2.07 bits per heavy atom. The lowest BCUT2D eigenvalue weighted by Crippen LogP contribution is -2.47. The number of nitrogens with one attached hydrogen (secondary N) is 1. The molecule has 1 saturated heterocycles. The minimum atomic E-state index is -0.941. The second-order valence-corrected chi connectivity index (χ2v) is 8.59. The Bertz CT molecular complexity index is 654. The Labute approximate surface area is 167 Å². The van der Waals surface area contributed by atoms with Crippen LogP contribution in [0.4, 0.5) is 4.79 Å². The van der Waals surface area contributed by atoms with Crippen molar-refractivity contribution in [2.45, 2.75) is 44.8 Å². The fraction of sp³-hybridized carbons (Fsp3) is 0.636. The minimum absolute atomic E-state index is 0.141. The number of fused-ring (bicyclic) bond motifs is 1. The quantitative estimate of drug-likeness (QED) is 0.638. The van der Waals surface area contributed by atoms with E-state index in [0.29, 0.717) is 24.9 Å². The first-order valence-corrected chi connectivity index (χ1v) is 10.4. The van der Waals surface area contributed by atoms with E-state index in [1.807, 2.05) is 6.92 Å². The van der Waals surface area contributed by atoms with E-state index >= 15 is 0 Å². The number of carboxylic acid groups (broad SMARTS) is 1. The smallest absolute Gasteiger partial charge is 0.407 e. The van der Waals surface area contributed by atoms with Gasteiger partial charge in [-0.05, 0) is 36.7 Å². The molecule has 1 aliphatic heterocycles. The molecule has 1 saturated carbocycles. The molecular formula is C22H33N3O3. The van der Waals surface area contributed by atoms with Crippen LogP contribution in [0.3, 0.4) is 0 Å². The van der Waals surface area contributed by atoms with Crippen molar-refractivity contribution in [1.82, 2.24) is 15.1 Å². The lowest BCUT2D eigenvalue weighted by atomic mass is 9.97. The number of nitrogens with zero attached hydrogens (tertiary/aromatic N) is 2. The number of rotatable bonds is 9. The van der Waals surface area contributed by atoms with E-state index in [1.54, 1.807) is 7.05 Å². The third-order valence-corrected chi connectivity index (χ3v) is 6.52. The first-order valence-electron chi connectivity index (χ1n) is 10.4. The molecule has 0 bridgehead atoms. The summed E-state index contributed by atoms with van der Waals surface area (Å²) in [5.74, 6) is 1.21. The summed E-state index contributed by atoms with van der Waals surface area (Å²) in [5.41, 5.74) is 1.36. The second-order valence-electron chi connectivity index (χ2n) is 8.59. The molecule has 1 heterocycles. The van der Waals surface area contributed by atoms with E-state index < -0.39 is 6.09 Å². The fourth-order valence-electron chi connectivity index (χ4n) is 4.89. The van der Waals surface area contributed by atoms with Gasteiger partial charge in [-0.2, -0.15) is 0 Å². The summed E-state index contributed by atoms with van der Waals surface area (Å²) in [6.07, 6.45) is 2.91. The molecule has 2 aliphatic rings. The summed E-state index contributed by atoms with van der Waals surface area (Å²) in [6, 6.07) is 10.9. The van der Waals surface area contributed by atoms with Gasteiger partial charge in [0.2, 0.25) is 0 Å². The van der Waals surface area contributed by atoms with Crippen molar-refractivity contribution >= 4 is 12.4 Å². The third-order valence-electron chi connectivity index (χ3n) is 6.52. The molecule has 3 rings (SSSR count). The zero-order chi connectivity index (χ0) is 20.1. The summed E-state index contributed by atoms with van der Waals surface area (Å²) in [4.78, 5) is 26.3. The minimum Gasteiger partial charge on any atom is -0.465 e. The lowest BCUT2D eigenvalue weighted by molar-refractivity contribution is -0.111. The molecule has 0 spiro atoms. The molecule has 1 amide bonds. The van der Waals surface area contributed by atoms with Crippen LogP contribution in [0.2, 0.25) is 0 Å². The van der Waals surface area contributed by atoms with Crippen LogP contribution in [-0.2, 0) is 11.3 Å². The third kappa shape index (κ3) is 5.11. The zero-order valence-corrected chi connectivity index (χ0v) is 17.0. The highest BCUT2D eigenvalue weighted by molar-refractivity contribution is 5.65. The summed E-state index contributed by atoms with van der Waals surface area (Å²) >= 11 is 0. The van der Waals surface area contributed by atoms with Crippen molar-refractivity contribution in [3.63, 3.8) is 0 Å². The molecule has 1 unspecified atom stereocenters. The fourth-order valence-corrected chi connectivity index (χ4v) is 4.89. The number of benzene rings is 1. The standard InChI is InChI=1S/C22H33N3O3/c1-16(15-26)10-19(24(2)22(27)28)11-23-21-9-8-18-13-25(14-20(18)21)12-17-6-4-3-5-7-17/h3-7,15-16,18-21,23H,8-14H2,1-2H3,(H,27,28)/t16-,18+,19?,20-,21-/m0/s1. The van der Waals surface area contributed by atoms with Gasteiger partial charge >= 0.3 is 6.09 Å². The molecule has 0 aromatic heterocycles. The Morgan fingerprint density at radius 3 is 2.75 bits per heavy atom. The predicted octanol–water partition coefficient (Wildman–Crippen LogP) is 2.69. The molecule has 28 heavy (non-hydrogen) atoms. The maximum absolute atomic E-state index is 11.4. The molecular weight excluding hydrogens is 354 g/mol. The molecule has 154 valence electrons. The van der Waals surface area contributed by atoms with Crippen molar-refractivity contribution in [1.29, 1.82) is 0 Å². The van der Waals surface area contributed by atoms with Gasteiger partial charge in [-0.1, -0.05) is 37.3 Å². The molecule has 2 N–H and O–H groups in total. The average Bonchev–Trinajstić information content (AvgIpc) is 3.25. The van der Waals surface area contributed by atoms with Crippen LogP contribution in [0.25, 0.3) is 0 Å². The van der Waals surface area contributed by atoms with Crippen molar-refractivity contribution in [2.75, 3.05) is 26.7 Å². The SMILES string of the molecule is C[C@H](C=O)CC(CN[C@H]1CC[C@@H]2CN(Cc3ccccc3)C[C@@H]21)N(C)C(=O)O. The zero-order valence-electron chi connectivity index (χ0n) is 17.0. The highest BCUT2D eigenvalue weighted by Crippen LogP contribution is 2.38. The number of hydrogen-bond acceptors (Lipinski definition) is 4. The molecule has 1 aromatic rings. The number of likely N-dealkylation sites (tertiary alicyclic amines) is 1. The topological polar surface area (TPSA) is 72.9 Å². The van der Waals surface area contributed by atoms with Crippen LogP contribution in [-0.4, -0.2) is 66.1 Å². The van der Waals surface area contributed by atoms with Gasteiger partial charge in [0.15, 0.2) is 0 Å². The van der Waals surface area contributed by atoms with Gasteiger partial charge in [-0.25, -0.2) is 4.79 Å². The van der Waals surface area contributed by atoms with Crippen LogP contribution < -0.4 is 5.32 Å². The van der Waals surface area contributed by atoms with Crippen molar-refractivity contribution in [2.24, 2.45) is 17.8 Å². The molecule has 0 radical (unpaired) electrons. The van der Waals surface area contributed by atoms with Crippen LogP contribution in [0, 0.1) is 17.8 Å². The Balaban J connectivity index is 1.54. The van der Waals surface area contributed by atoms with Crippen molar-refractivity contribution in [3.8, 4) is 0 Å². The normalized spacial score (nSPS) is 26.6. The second kappa shape index (κ2) is 9.52. The van der Waals surface area contributed by atoms with Gasteiger partial charge in [-0.15, -0.1) is 0 Å². The number of hydrogen-bond donors (Lipinski definition) is 2. The number of carbonyl (C=O) groups is 2. The van der Waals surface area contributed by atoms with Gasteiger partial charge in [-0.3, -0.25) is 4.90 Å². The maximum atomic E-state index is 11.4. The van der Waals surface area contributed by atoms with Gasteiger partial charge in [0.1, 0.15) is 6.29 Å². The van der Waals surface area contributed by atoms with Gasteiger partial charge in [0.25, 0.3) is 0 Å². The lowest BCUT2D eigenvalue weighted by Gasteiger charge is -2.30. The summed E-state index contributed by atoms with van der Waals surface area (Å²) in [7, 11) is 1.60. The molecule has 6 nitrogen and oxygen atoms in total. The Morgan fingerprint density at radius 1 is 1.32 bits per heavy atom. The molecule has 1 aliphatic carbocycles. The van der Waals surface area contributed by atoms with E-state index in [4.69, 9.17) is 0 Å². The van der Waals surface area contributed by atoms with Gasteiger partial charge < -0.3 is 20.1 Å². The summed E-state index contributed by atoms with van der Waals surface area (Å²) in [5, 5.41) is 13.0. The maximum Gasteiger partial charge on any atom is 0.407 e. The van der Waals surface area contributed by atoms with Crippen LogP contribution in [0.15, 0.2) is 30.3 Å². The number of aldehydes is 1. The van der Waals surface area contributed by atoms with E-state index in [0.717, 1.165) is 38.3 Å². The van der Waals surface area contributed by atoms with Crippen LogP contribution in [0.5, 0.6) is 0 Å². The van der Waals surface area contributed by atoms with E-state index in [2.05, 4.69) is 40.5 Å². The van der Waals surface area contributed by atoms with E-state index in [9.17, 15) is 14.7 Å². The Hall–Kier alpha value is -1.92. The molecule has 5 atom stereocenters. The number of amides is 1. The first-order chi connectivity index (χ1) is 13.5. The Kier molecular flexibility index (Phi) is 7.08. The first kappa shape index (κ1) is 20.8. The van der Waals surface area contributed by atoms with E-state index in [-0.39, 0.29) is 12.0 Å². The van der Waals surface area contributed by atoms with Crippen LogP contribution >= 0.6 is 0 Å². The average molecular weight is 388 g/mol. The van der Waals surface area contributed by atoms with E-state index in [1.165, 1.54) is 16.9 Å². The van der Waals surface area contributed by atoms with Crippen LogP contribution in [0.1, 0.15) is 31.7 Å². The largest absolute Gasteiger partial charge is 0.465 e. The van der Waals surface area contributed by atoms with Crippen molar-refractivity contribution in [3.05, 3.63) is 35.9 Å². The van der Waals surface area contributed by atoms with Crippen molar-refractivity contribution < 1.29 is 14.7 Å². The summed E-state index contributed by atoms with van der Waals surface area (Å²) in [6.45, 7) is 5.70. The summed E-state index contributed by atoms with van der Waals surface area (Å²) < 4.78 is 0. The number of carbonyl (C=O) groups excluding carboxylic acids is 1. The molecule has 2 fully saturated rings. The molecule has 6 heteroatoms. The van der Waals surface area contributed by atoms with Gasteiger partial charge in [0.05, 0.1) is 0 Å². The monoisotopic (exact) mass is 387 g/mol. The van der Waals surface area contributed by atoms with Gasteiger partial charge in [0, 0.05) is 51.2 Å². The number of likely N-dealkylation sites (N-methyl/N-ethyl adjacent to an activating group) is 1. The highest BCUT2D eigenvalue weighted by Gasteiger charge is 2.42. The predicted molar refractivity (Wildman–Crippen MR) is 109 cm³/mol. The highest BCUT2D eigenvalue weighted by atomic mass is 16.4.